The van der Waals surface area contributed by atoms with Crippen LogP contribution in [0.25, 0.3) is 0 Å². The summed E-state index contributed by atoms with van der Waals surface area (Å²) >= 11 is 1.65. The van der Waals surface area contributed by atoms with Crippen LogP contribution < -0.4 is 10.6 Å². The van der Waals surface area contributed by atoms with Crippen molar-refractivity contribution in [3.8, 4) is 0 Å². The highest BCUT2D eigenvalue weighted by molar-refractivity contribution is 7.13. The molecule has 3 nitrogen and oxygen atoms in total. The fourth-order valence-corrected chi connectivity index (χ4v) is 2.29. The van der Waals surface area contributed by atoms with E-state index in [0.717, 1.165) is 22.1 Å². The number of aromatic nitrogens is 1. The Labute approximate surface area is 99.5 Å². The Morgan fingerprint density at radius 2 is 2.25 bits per heavy atom. The zero-order valence-electron chi connectivity index (χ0n) is 9.47. The van der Waals surface area contributed by atoms with Gasteiger partial charge in [0.05, 0.1) is 5.69 Å². The highest BCUT2D eigenvalue weighted by Gasteiger charge is 2.07. The summed E-state index contributed by atoms with van der Waals surface area (Å²) in [7, 11) is 2.02. The summed E-state index contributed by atoms with van der Waals surface area (Å²) in [6, 6.07) is 8.21. The third-order valence-electron chi connectivity index (χ3n) is 2.43. The lowest BCUT2D eigenvalue weighted by Gasteiger charge is -2.16. The second kappa shape index (κ2) is 4.63. The van der Waals surface area contributed by atoms with Crippen molar-refractivity contribution < 1.29 is 0 Å². The number of rotatable bonds is 3. The SMILES string of the molecule is Cc1csc(N(C)c2cccc(CN)c2)n1. The van der Waals surface area contributed by atoms with Crippen LogP contribution in [0.1, 0.15) is 11.3 Å². The molecule has 2 rings (SSSR count). The van der Waals surface area contributed by atoms with E-state index in [-0.39, 0.29) is 0 Å². The summed E-state index contributed by atoms with van der Waals surface area (Å²) in [4.78, 5) is 6.54. The van der Waals surface area contributed by atoms with Crippen LogP contribution in [0, 0.1) is 6.92 Å². The van der Waals surface area contributed by atoms with Gasteiger partial charge in [0.2, 0.25) is 0 Å². The molecule has 0 spiro atoms. The average molecular weight is 233 g/mol. The van der Waals surface area contributed by atoms with Crippen LogP contribution in [0.15, 0.2) is 29.6 Å². The molecule has 1 aromatic heterocycles. The Kier molecular flexibility index (Phi) is 3.22. The minimum absolute atomic E-state index is 0.568. The molecule has 84 valence electrons. The Morgan fingerprint density at radius 3 is 2.88 bits per heavy atom. The summed E-state index contributed by atoms with van der Waals surface area (Å²) < 4.78 is 0. The molecule has 0 unspecified atom stereocenters. The Hall–Kier alpha value is -1.39. The van der Waals surface area contributed by atoms with Gasteiger partial charge in [-0.1, -0.05) is 12.1 Å². The van der Waals surface area contributed by atoms with Crippen molar-refractivity contribution in [1.29, 1.82) is 0 Å². The molecule has 0 bridgehead atoms. The van der Waals surface area contributed by atoms with Gasteiger partial charge in [-0.15, -0.1) is 11.3 Å². The maximum Gasteiger partial charge on any atom is 0.189 e. The number of anilines is 2. The third-order valence-corrected chi connectivity index (χ3v) is 3.46. The van der Waals surface area contributed by atoms with Gasteiger partial charge in [0, 0.05) is 24.7 Å². The van der Waals surface area contributed by atoms with Crippen LogP contribution in [0.4, 0.5) is 10.8 Å². The molecular formula is C12H15N3S. The standard InChI is InChI=1S/C12H15N3S/c1-9-8-16-12(14-9)15(2)11-5-3-4-10(6-11)7-13/h3-6,8H,7,13H2,1-2H3. The average Bonchev–Trinajstić information content (AvgIpc) is 2.75. The number of nitrogens with zero attached hydrogens (tertiary/aromatic N) is 2. The van der Waals surface area contributed by atoms with E-state index in [2.05, 4.69) is 27.4 Å². The predicted octanol–water partition coefficient (Wildman–Crippen LogP) is 2.68. The van der Waals surface area contributed by atoms with E-state index in [9.17, 15) is 0 Å². The summed E-state index contributed by atoms with van der Waals surface area (Å²) in [6.07, 6.45) is 0. The topological polar surface area (TPSA) is 42.1 Å². The molecule has 1 aromatic carbocycles. The van der Waals surface area contributed by atoms with Gasteiger partial charge >= 0.3 is 0 Å². The number of benzene rings is 1. The molecule has 0 saturated heterocycles. The Balaban J connectivity index is 2.29. The summed E-state index contributed by atoms with van der Waals surface area (Å²) in [5, 5.41) is 3.06. The van der Waals surface area contributed by atoms with E-state index < -0.39 is 0 Å². The molecule has 2 N–H and O–H groups in total. The van der Waals surface area contributed by atoms with Crippen molar-refractivity contribution in [3.05, 3.63) is 40.9 Å². The zero-order chi connectivity index (χ0) is 11.5. The lowest BCUT2D eigenvalue weighted by atomic mass is 10.2. The molecule has 0 aliphatic carbocycles. The smallest absolute Gasteiger partial charge is 0.189 e. The van der Waals surface area contributed by atoms with E-state index in [1.165, 1.54) is 0 Å². The second-order valence-corrected chi connectivity index (χ2v) is 4.54. The van der Waals surface area contributed by atoms with Gasteiger partial charge in [-0.2, -0.15) is 0 Å². The fourth-order valence-electron chi connectivity index (χ4n) is 1.50. The zero-order valence-corrected chi connectivity index (χ0v) is 10.3. The largest absolute Gasteiger partial charge is 0.326 e. The minimum Gasteiger partial charge on any atom is -0.326 e. The number of aryl methyl sites for hydroxylation is 1. The molecule has 0 aliphatic heterocycles. The molecule has 0 fully saturated rings. The first-order valence-electron chi connectivity index (χ1n) is 5.15. The maximum absolute atomic E-state index is 5.63. The van der Waals surface area contributed by atoms with Crippen molar-refractivity contribution in [1.82, 2.24) is 4.98 Å². The number of hydrogen-bond acceptors (Lipinski definition) is 4. The van der Waals surface area contributed by atoms with E-state index in [0.29, 0.717) is 6.54 Å². The van der Waals surface area contributed by atoms with E-state index in [4.69, 9.17) is 5.73 Å². The normalized spacial score (nSPS) is 10.4. The van der Waals surface area contributed by atoms with Crippen molar-refractivity contribution in [3.63, 3.8) is 0 Å². The second-order valence-electron chi connectivity index (χ2n) is 3.70. The molecule has 16 heavy (non-hydrogen) atoms. The van der Waals surface area contributed by atoms with Crippen LogP contribution >= 0.6 is 11.3 Å². The van der Waals surface area contributed by atoms with Gasteiger partial charge < -0.3 is 10.6 Å². The van der Waals surface area contributed by atoms with Gasteiger partial charge in [-0.25, -0.2) is 4.98 Å². The number of nitrogens with two attached hydrogens (primary N) is 1. The van der Waals surface area contributed by atoms with Crippen LogP contribution in [0.3, 0.4) is 0 Å². The van der Waals surface area contributed by atoms with Gasteiger partial charge in [0.15, 0.2) is 5.13 Å². The minimum atomic E-state index is 0.568. The monoisotopic (exact) mass is 233 g/mol. The highest BCUT2D eigenvalue weighted by atomic mass is 32.1. The predicted molar refractivity (Wildman–Crippen MR) is 69.2 cm³/mol. The van der Waals surface area contributed by atoms with Gasteiger partial charge in [0.1, 0.15) is 0 Å². The Morgan fingerprint density at radius 1 is 1.44 bits per heavy atom. The van der Waals surface area contributed by atoms with Gasteiger partial charge in [0.25, 0.3) is 0 Å². The molecular weight excluding hydrogens is 218 g/mol. The van der Waals surface area contributed by atoms with Crippen LogP contribution in [-0.4, -0.2) is 12.0 Å². The number of thiazole rings is 1. The van der Waals surface area contributed by atoms with Crippen LogP contribution in [0.2, 0.25) is 0 Å². The maximum atomic E-state index is 5.63. The molecule has 0 atom stereocenters. The van der Waals surface area contributed by atoms with Gasteiger partial charge in [-0.05, 0) is 24.6 Å². The third kappa shape index (κ3) is 2.23. The lowest BCUT2D eigenvalue weighted by Crippen LogP contribution is -2.09. The molecule has 0 amide bonds. The molecule has 1 heterocycles. The van der Waals surface area contributed by atoms with Crippen LogP contribution in [-0.2, 0) is 6.54 Å². The molecule has 0 radical (unpaired) electrons. The van der Waals surface area contributed by atoms with E-state index >= 15 is 0 Å². The quantitative estimate of drug-likeness (QED) is 0.886. The van der Waals surface area contributed by atoms with Crippen molar-refractivity contribution in [2.24, 2.45) is 5.73 Å². The lowest BCUT2D eigenvalue weighted by molar-refractivity contribution is 1.06. The molecule has 4 heteroatoms. The van der Waals surface area contributed by atoms with E-state index in [1.807, 2.05) is 26.1 Å². The fraction of sp³-hybridized carbons (Fsp3) is 0.250. The highest BCUT2D eigenvalue weighted by Crippen LogP contribution is 2.27. The number of hydrogen-bond donors (Lipinski definition) is 1. The first-order valence-corrected chi connectivity index (χ1v) is 6.03. The Bertz CT molecular complexity index is 479. The summed E-state index contributed by atoms with van der Waals surface area (Å²) in [6.45, 7) is 2.57. The van der Waals surface area contributed by atoms with Crippen molar-refractivity contribution >= 4 is 22.2 Å². The van der Waals surface area contributed by atoms with Crippen molar-refractivity contribution in [2.75, 3.05) is 11.9 Å². The van der Waals surface area contributed by atoms with Crippen LogP contribution in [0.5, 0.6) is 0 Å². The first-order chi connectivity index (χ1) is 7.70. The van der Waals surface area contributed by atoms with Gasteiger partial charge in [-0.3, -0.25) is 0 Å². The summed E-state index contributed by atoms with van der Waals surface area (Å²) in [5.74, 6) is 0. The van der Waals surface area contributed by atoms with Crippen molar-refractivity contribution in [2.45, 2.75) is 13.5 Å². The summed E-state index contributed by atoms with van der Waals surface area (Å²) in [5.41, 5.74) is 8.95. The first kappa shape index (κ1) is 11.1. The van der Waals surface area contributed by atoms with E-state index in [1.54, 1.807) is 11.3 Å². The molecule has 0 aliphatic rings. The molecule has 2 aromatic rings. The molecule has 0 saturated carbocycles.